The molecule has 1 aromatic carbocycles. The van der Waals surface area contributed by atoms with Crippen molar-refractivity contribution >= 4 is 11.6 Å². The highest BCUT2D eigenvalue weighted by Crippen LogP contribution is 2.31. The van der Waals surface area contributed by atoms with Gasteiger partial charge in [-0.1, -0.05) is 12.1 Å². The van der Waals surface area contributed by atoms with Crippen LogP contribution in [0, 0.1) is 5.92 Å². The molecule has 4 heteroatoms. The van der Waals surface area contributed by atoms with Crippen molar-refractivity contribution in [2.75, 3.05) is 31.1 Å². The molecule has 1 fully saturated rings. The molecule has 0 spiro atoms. The second-order valence-corrected chi connectivity index (χ2v) is 5.54. The van der Waals surface area contributed by atoms with Crippen LogP contribution >= 0.6 is 0 Å². The molecular formula is C15H21N3O. The Morgan fingerprint density at radius 1 is 1.42 bits per heavy atom. The predicted molar refractivity (Wildman–Crippen MR) is 76.2 cm³/mol. The normalized spacial score (nSPS) is 22.1. The van der Waals surface area contributed by atoms with Crippen LogP contribution in [0.2, 0.25) is 0 Å². The second-order valence-electron chi connectivity index (χ2n) is 5.54. The van der Waals surface area contributed by atoms with Gasteiger partial charge in [-0.3, -0.25) is 4.79 Å². The quantitative estimate of drug-likeness (QED) is 0.836. The van der Waals surface area contributed by atoms with Crippen molar-refractivity contribution in [2.24, 2.45) is 11.7 Å². The zero-order valence-corrected chi connectivity index (χ0v) is 11.2. The van der Waals surface area contributed by atoms with Crippen LogP contribution in [0.3, 0.4) is 0 Å². The van der Waals surface area contributed by atoms with Gasteiger partial charge in [-0.05, 0) is 55.6 Å². The SMILES string of the molecule is NCCc1ccc2c(c1)CC(=O)N2CC1CCNC1. The summed E-state index contributed by atoms with van der Waals surface area (Å²) in [5.41, 5.74) is 9.10. The van der Waals surface area contributed by atoms with E-state index in [1.165, 1.54) is 17.5 Å². The summed E-state index contributed by atoms with van der Waals surface area (Å²) in [5, 5.41) is 3.36. The van der Waals surface area contributed by atoms with Gasteiger partial charge in [-0.2, -0.15) is 0 Å². The van der Waals surface area contributed by atoms with Gasteiger partial charge in [-0.15, -0.1) is 0 Å². The van der Waals surface area contributed by atoms with Gasteiger partial charge in [-0.25, -0.2) is 0 Å². The van der Waals surface area contributed by atoms with E-state index < -0.39 is 0 Å². The van der Waals surface area contributed by atoms with Crippen LogP contribution in [-0.2, 0) is 17.6 Å². The summed E-state index contributed by atoms with van der Waals surface area (Å²) in [6.07, 6.45) is 2.60. The molecule has 19 heavy (non-hydrogen) atoms. The lowest BCUT2D eigenvalue weighted by molar-refractivity contribution is -0.117. The fraction of sp³-hybridized carbons (Fsp3) is 0.533. The van der Waals surface area contributed by atoms with Crippen LogP contribution in [0.5, 0.6) is 0 Å². The van der Waals surface area contributed by atoms with Gasteiger partial charge in [0.2, 0.25) is 5.91 Å². The second kappa shape index (κ2) is 5.31. The number of fused-ring (bicyclic) bond motifs is 1. The maximum atomic E-state index is 12.2. The van der Waals surface area contributed by atoms with Gasteiger partial charge in [0.25, 0.3) is 0 Å². The van der Waals surface area contributed by atoms with Gasteiger partial charge >= 0.3 is 0 Å². The average molecular weight is 259 g/mol. The lowest BCUT2D eigenvalue weighted by Crippen LogP contribution is -2.33. The molecular weight excluding hydrogens is 238 g/mol. The third-order valence-electron chi connectivity index (χ3n) is 4.11. The summed E-state index contributed by atoms with van der Waals surface area (Å²) < 4.78 is 0. The van der Waals surface area contributed by atoms with Crippen molar-refractivity contribution in [3.05, 3.63) is 29.3 Å². The average Bonchev–Trinajstić information content (AvgIpc) is 2.99. The number of benzene rings is 1. The highest BCUT2D eigenvalue weighted by atomic mass is 16.2. The monoisotopic (exact) mass is 259 g/mol. The van der Waals surface area contributed by atoms with Crippen LogP contribution in [0.1, 0.15) is 17.5 Å². The van der Waals surface area contributed by atoms with E-state index in [9.17, 15) is 4.79 Å². The van der Waals surface area contributed by atoms with Crippen LogP contribution in [-0.4, -0.2) is 32.1 Å². The first-order chi connectivity index (χ1) is 9.28. The molecule has 0 aliphatic carbocycles. The number of carbonyl (C=O) groups is 1. The van der Waals surface area contributed by atoms with Crippen molar-refractivity contribution in [3.63, 3.8) is 0 Å². The molecule has 0 aromatic heterocycles. The lowest BCUT2D eigenvalue weighted by atomic mass is 10.1. The Morgan fingerprint density at radius 3 is 3.05 bits per heavy atom. The van der Waals surface area contributed by atoms with Gasteiger partial charge in [0.1, 0.15) is 0 Å². The van der Waals surface area contributed by atoms with E-state index in [-0.39, 0.29) is 5.91 Å². The molecule has 1 amide bonds. The number of anilines is 1. The third kappa shape index (κ3) is 2.51. The molecule has 1 unspecified atom stereocenters. The minimum Gasteiger partial charge on any atom is -0.330 e. The molecule has 0 saturated carbocycles. The summed E-state index contributed by atoms with van der Waals surface area (Å²) in [6.45, 7) is 3.62. The Kier molecular flexibility index (Phi) is 3.53. The van der Waals surface area contributed by atoms with E-state index in [0.29, 0.717) is 18.9 Å². The van der Waals surface area contributed by atoms with Crippen molar-refractivity contribution in [1.29, 1.82) is 0 Å². The molecule has 1 saturated heterocycles. The minimum atomic E-state index is 0.242. The number of nitrogens with two attached hydrogens (primary N) is 1. The van der Waals surface area contributed by atoms with Crippen LogP contribution < -0.4 is 16.0 Å². The zero-order chi connectivity index (χ0) is 13.2. The summed E-state index contributed by atoms with van der Waals surface area (Å²) >= 11 is 0. The molecule has 1 atom stereocenters. The van der Waals surface area contributed by atoms with Gasteiger partial charge < -0.3 is 16.0 Å². The Balaban J connectivity index is 1.79. The number of rotatable bonds is 4. The highest BCUT2D eigenvalue weighted by Gasteiger charge is 2.30. The molecule has 2 aliphatic rings. The number of hydrogen-bond donors (Lipinski definition) is 2. The molecule has 4 nitrogen and oxygen atoms in total. The van der Waals surface area contributed by atoms with E-state index in [0.717, 1.165) is 31.7 Å². The smallest absolute Gasteiger partial charge is 0.231 e. The number of nitrogens with zero attached hydrogens (tertiary/aromatic N) is 1. The van der Waals surface area contributed by atoms with Gasteiger partial charge in [0.15, 0.2) is 0 Å². The topological polar surface area (TPSA) is 58.4 Å². The molecule has 102 valence electrons. The van der Waals surface area contributed by atoms with Crippen molar-refractivity contribution in [2.45, 2.75) is 19.3 Å². The molecule has 2 heterocycles. The first-order valence-corrected chi connectivity index (χ1v) is 7.11. The predicted octanol–water partition coefficient (Wildman–Crippen LogP) is 0.686. The molecule has 3 N–H and O–H groups in total. The maximum Gasteiger partial charge on any atom is 0.231 e. The first kappa shape index (κ1) is 12.6. The van der Waals surface area contributed by atoms with E-state index in [1.54, 1.807) is 0 Å². The Bertz CT molecular complexity index is 480. The van der Waals surface area contributed by atoms with Crippen molar-refractivity contribution in [1.82, 2.24) is 5.32 Å². The summed E-state index contributed by atoms with van der Waals surface area (Å²) in [5.74, 6) is 0.838. The molecule has 1 aromatic rings. The Morgan fingerprint density at radius 2 is 2.32 bits per heavy atom. The van der Waals surface area contributed by atoms with Crippen LogP contribution in [0.4, 0.5) is 5.69 Å². The maximum absolute atomic E-state index is 12.2. The molecule has 0 radical (unpaired) electrons. The molecule has 2 aliphatic heterocycles. The fourth-order valence-electron chi connectivity index (χ4n) is 3.09. The van der Waals surface area contributed by atoms with Crippen LogP contribution in [0.15, 0.2) is 18.2 Å². The number of carbonyl (C=O) groups excluding carboxylic acids is 1. The zero-order valence-electron chi connectivity index (χ0n) is 11.2. The van der Waals surface area contributed by atoms with E-state index >= 15 is 0 Å². The summed E-state index contributed by atoms with van der Waals surface area (Å²) in [4.78, 5) is 14.1. The number of amides is 1. The number of hydrogen-bond acceptors (Lipinski definition) is 3. The molecule has 0 bridgehead atoms. The molecule has 3 rings (SSSR count). The minimum absolute atomic E-state index is 0.242. The van der Waals surface area contributed by atoms with Crippen molar-refractivity contribution in [3.8, 4) is 0 Å². The third-order valence-corrected chi connectivity index (χ3v) is 4.11. The fourth-order valence-corrected chi connectivity index (χ4v) is 3.09. The largest absolute Gasteiger partial charge is 0.330 e. The van der Waals surface area contributed by atoms with E-state index in [1.807, 2.05) is 4.90 Å². The van der Waals surface area contributed by atoms with Crippen LogP contribution in [0.25, 0.3) is 0 Å². The van der Waals surface area contributed by atoms with Crippen molar-refractivity contribution < 1.29 is 4.79 Å². The first-order valence-electron chi connectivity index (χ1n) is 7.11. The lowest BCUT2D eigenvalue weighted by Gasteiger charge is -2.21. The number of nitrogens with one attached hydrogen (secondary N) is 1. The standard InChI is InChI=1S/C15H21N3O/c16-5-3-11-1-2-14-13(7-11)8-15(19)18(14)10-12-4-6-17-9-12/h1-2,7,12,17H,3-6,8-10,16H2. The highest BCUT2D eigenvalue weighted by molar-refractivity contribution is 6.01. The van der Waals surface area contributed by atoms with Gasteiger partial charge in [0, 0.05) is 12.2 Å². The van der Waals surface area contributed by atoms with Gasteiger partial charge in [0.05, 0.1) is 6.42 Å². The Hall–Kier alpha value is -1.39. The van der Waals surface area contributed by atoms with E-state index in [2.05, 4.69) is 23.5 Å². The Labute approximate surface area is 114 Å². The summed E-state index contributed by atoms with van der Waals surface area (Å²) in [6, 6.07) is 6.34. The van der Waals surface area contributed by atoms with E-state index in [4.69, 9.17) is 5.73 Å². The summed E-state index contributed by atoms with van der Waals surface area (Å²) in [7, 11) is 0.